The second kappa shape index (κ2) is 16.0. The normalized spacial score (nSPS) is 12.6. The van der Waals surface area contributed by atoms with Gasteiger partial charge >= 0.3 is 0 Å². The summed E-state index contributed by atoms with van der Waals surface area (Å²) in [6.07, 6.45) is 0. The van der Waals surface area contributed by atoms with Gasteiger partial charge in [-0.15, -0.1) is 0 Å². The molecule has 0 saturated heterocycles. The minimum atomic E-state index is -2.79. The smallest absolute Gasteiger partial charge is 0.260 e. The number of fused-ring (bicyclic) bond motifs is 11. The van der Waals surface area contributed by atoms with Crippen molar-refractivity contribution in [2.75, 3.05) is 0 Å². The topological polar surface area (TPSA) is 28.3 Å². The molecule has 0 bridgehead atoms. The predicted octanol–water partition coefficient (Wildman–Crippen LogP) is 11.7. The molecule has 0 aliphatic carbocycles. The monoisotopic (exact) mass is 934 g/mol. The Balaban J connectivity index is 0.913. The SMILES string of the molecule is c1ccc(-n2c3ccccc3c3c4c5ccccc5n(-c5ccc6c(c5)Oc5cc(-c7cccc([Si](c8ccccc8)(c8ccccc8)c8ccccc8)c7)cc7c5B6c5ccccc5O7)c4ccc32)cc1. The second-order valence-electron chi connectivity index (χ2n) is 19.1. The van der Waals surface area contributed by atoms with E-state index in [0.29, 0.717) is 0 Å². The van der Waals surface area contributed by atoms with Gasteiger partial charge in [-0.2, -0.15) is 0 Å². The molecule has 2 aliphatic rings. The molecular weight excluding hydrogens is 892 g/mol. The van der Waals surface area contributed by atoms with E-state index >= 15 is 0 Å². The molecule has 336 valence electrons. The van der Waals surface area contributed by atoms with Crippen molar-refractivity contribution in [2.24, 2.45) is 0 Å². The molecule has 0 saturated carbocycles. The average molecular weight is 935 g/mol. The van der Waals surface area contributed by atoms with Crippen molar-refractivity contribution in [1.82, 2.24) is 9.13 Å². The first-order valence-electron chi connectivity index (χ1n) is 24.8. The summed E-state index contributed by atoms with van der Waals surface area (Å²) in [6.45, 7) is -0.0747. The van der Waals surface area contributed by atoms with Crippen molar-refractivity contribution in [1.29, 1.82) is 0 Å². The fourth-order valence-corrected chi connectivity index (χ4v) is 17.2. The van der Waals surface area contributed by atoms with Crippen LogP contribution in [0.25, 0.3) is 66.1 Å². The van der Waals surface area contributed by atoms with E-state index in [-0.39, 0.29) is 6.71 Å². The number of aromatic nitrogens is 2. The Morgan fingerprint density at radius 3 is 1.40 bits per heavy atom. The van der Waals surface area contributed by atoms with Crippen molar-refractivity contribution in [3.8, 4) is 45.5 Å². The number of para-hydroxylation sites is 4. The molecule has 15 rings (SSSR count). The van der Waals surface area contributed by atoms with Gasteiger partial charge in [-0.25, -0.2) is 0 Å². The lowest BCUT2D eigenvalue weighted by Crippen LogP contribution is -2.74. The molecule has 0 atom stereocenters. The predicted molar refractivity (Wildman–Crippen MR) is 302 cm³/mol. The molecule has 6 heteroatoms. The number of nitrogens with zero attached hydrogens (tertiary/aromatic N) is 2. The Labute approximate surface area is 418 Å². The van der Waals surface area contributed by atoms with Crippen LogP contribution >= 0.6 is 0 Å². The van der Waals surface area contributed by atoms with Gasteiger partial charge in [-0.1, -0.05) is 194 Å². The average Bonchev–Trinajstić information content (AvgIpc) is 3.97. The Morgan fingerprint density at radius 2 is 0.792 bits per heavy atom. The molecule has 0 unspecified atom stereocenters. The number of hydrogen-bond donors (Lipinski definition) is 0. The molecule has 4 heterocycles. The fourth-order valence-electron chi connectivity index (χ4n) is 12.4. The third-order valence-electron chi connectivity index (χ3n) is 15.4. The quantitative estimate of drug-likeness (QED) is 0.118. The lowest BCUT2D eigenvalue weighted by atomic mass is 9.35. The number of benzene rings is 11. The van der Waals surface area contributed by atoms with Crippen LogP contribution in [0.3, 0.4) is 0 Å². The van der Waals surface area contributed by atoms with Crippen molar-refractivity contribution < 1.29 is 9.47 Å². The van der Waals surface area contributed by atoms with Gasteiger partial charge in [-0.05, 0) is 103 Å². The molecule has 72 heavy (non-hydrogen) atoms. The number of hydrogen-bond acceptors (Lipinski definition) is 2. The van der Waals surface area contributed by atoms with E-state index in [1.54, 1.807) is 0 Å². The molecule has 0 N–H and O–H groups in total. The van der Waals surface area contributed by atoms with Gasteiger partial charge in [0.25, 0.3) is 6.71 Å². The van der Waals surface area contributed by atoms with E-state index in [9.17, 15) is 0 Å². The van der Waals surface area contributed by atoms with Gasteiger partial charge < -0.3 is 18.6 Å². The van der Waals surface area contributed by atoms with Gasteiger partial charge in [0.05, 0.1) is 22.1 Å². The van der Waals surface area contributed by atoms with Crippen LogP contribution in [0.15, 0.2) is 261 Å². The lowest BCUT2D eigenvalue weighted by Gasteiger charge is -2.35. The zero-order valence-electron chi connectivity index (χ0n) is 39.1. The molecule has 13 aromatic rings. The van der Waals surface area contributed by atoms with Gasteiger partial charge in [0.1, 0.15) is 23.0 Å². The molecule has 2 aromatic heterocycles. The Morgan fingerprint density at radius 1 is 0.306 bits per heavy atom. The highest BCUT2D eigenvalue weighted by Gasteiger charge is 2.43. The maximum atomic E-state index is 7.26. The van der Waals surface area contributed by atoms with Crippen LogP contribution in [0.4, 0.5) is 0 Å². The first-order valence-corrected chi connectivity index (χ1v) is 26.8. The zero-order chi connectivity index (χ0) is 47.3. The summed E-state index contributed by atoms with van der Waals surface area (Å²) in [6, 6.07) is 95.3. The molecule has 2 aliphatic heterocycles. The van der Waals surface area contributed by atoms with Crippen molar-refractivity contribution in [3.63, 3.8) is 0 Å². The standard InChI is InChI=1S/C66H43BN2O2Si/c1-5-21-46(22-6-1)68-56-33-16-13-30-52(56)64-58(68)38-39-59-65(64)53-31-14-17-34-57(53)69(59)47-36-37-55-61(43-47)71-63-42-45(41-62-66(63)67(55)54-32-15-18-35-60(54)70-62)44-20-19-29-51(40-44)72(48-23-7-2-8-24-48,49-25-9-3-10-26-49)50-27-11-4-12-28-50/h1-43H. The largest absolute Gasteiger partial charge is 0.458 e. The van der Waals surface area contributed by atoms with E-state index in [4.69, 9.17) is 9.47 Å². The van der Waals surface area contributed by atoms with Crippen molar-refractivity contribution in [2.45, 2.75) is 0 Å². The minimum absolute atomic E-state index is 0.0747. The number of ether oxygens (including phenoxy) is 2. The molecule has 0 spiro atoms. The lowest BCUT2D eigenvalue weighted by molar-refractivity contribution is 0.465. The second-order valence-corrected chi connectivity index (χ2v) is 22.9. The summed E-state index contributed by atoms with van der Waals surface area (Å²) in [4.78, 5) is 0. The van der Waals surface area contributed by atoms with E-state index < -0.39 is 8.07 Å². The Kier molecular flexibility index (Phi) is 9.04. The van der Waals surface area contributed by atoms with Gasteiger partial charge in [0.2, 0.25) is 0 Å². The number of rotatable bonds is 7. The molecule has 4 nitrogen and oxygen atoms in total. The van der Waals surface area contributed by atoms with Crippen LogP contribution in [-0.2, 0) is 0 Å². The fraction of sp³-hybridized carbons (Fsp3) is 0. The third-order valence-corrected chi connectivity index (χ3v) is 20.1. The molecule has 11 aromatic carbocycles. The summed E-state index contributed by atoms with van der Waals surface area (Å²) < 4.78 is 19.0. The highest BCUT2D eigenvalue weighted by atomic mass is 28.3. The van der Waals surface area contributed by atoms with E-state index in [1.165, 1.54) is 53.3 Å². The van der Waals surface area contributed by atoms with E-state index in [0.717, 1.165) is 72.9 Å². The summed E-state index contributed by atoms with van der Waals surface area (Å²) in [7, 11) is -2.79. The first kappa shape index (κ1) is 40.8. The zero-order valence-corrected chi connectivity index (χ0v) is 40.1. The van der Waals surface area contributed by atoms with Crippen molar-refractivity contribution >= 4 is 95.5 Å². The summed E-state index contributed by atoms with van der Waals surface area (Å²) in [5.74, 6) is 3.35. The molecule has 0 fully saturated rings. The van der Waals surface area contributed by atoms with Gasteiger partial charge in [0, 0.05) is 44.4 Å². The van der Waals surface area contributed by atoms with Crippen LogP contribution in [0, 0.1) is 0 Å². The minimum Gasteiger partial charge on any atom is -0.458 e. The van der Waals surface area contributed by atoms with Crippen LogP contribution < -0.4 is 46.6 Å². The van der Waals surface area contributed by atoms with E-state index in [2.05, 4.69) is 270 Å². The molecule has 0 amide bonds. The van der Waals surface area contributed by atoms with Crippen LogP contribution in [-0.4, -0.2) is 23.9 Å². The molecule has 0 radical (unpaired) electrons. The Hall–Kier alpha value is -9.10. The first-order chi connectivity index (χ1) is 35.7. The maximum Gasteiger partial charge on any atom is 0.260 e. The van der Waals surface area contributed by atoms with Gasteiger partial charge in [0.15, 0.2) is 8.07 Å². The Bertz CT molecular complexity index is 4190. The summed E-state index contributed by atoms with van der Waals surface area (Å²) in [5.41, 5.74) is 12.3. The highest BCUT2D eigenvalue weighted by Crippen LogP contribution is 2.44. The molecular formula is C66H43BN2O2Si. The van der Waals surface area contributed by atoms with Gasteiger partial charge in [-0.3, -0.25) is 0 Å². The van der Waals surface area contributed by atoms with Crippen LogP contribution in [0.1, 0.15) is 0 Å². The highest BCUT2D eigenvalue weighted by molar-refractivity contribution is 7.20. The summed E-state index contributed by atoms with van der Waals surface area (Å²) in [5, 5.41) is 10.3. The maximum absolute atomic E-state index is 7.26. The van der Waals surface area contributed by atoms with Crippen molar-refractivity contribution in [3.05, 3.63) is 261 Å². The third kappa shape index (κ3) is 5.93. The van der Waals surface area contributed by atoms with Crippen LogP contribution in [0.5, 0.6) is 23.0 Å². The van der Waals surface area contributed by atoms with Crippen LogP contribution in [0.2, 0.25) is 0 Å². The van der Waals surface area contributed by atoms with E-state index in [1.807, 2.05) is 0 Å². The summed E-state index contributed by atoms with van der Waals surface area (Å²) >= 11 is 0.